The van der Waals surface area contributed by atoms with Crippen LogP contribution in [0.3, 0.4) is 0 Å². The van der Waals surface area contributed by atoms with Crippen LogP contribution in [0, 0.1) is 4.77 Å². The second-order valence-corrected chi connectivity index (χ2v) is 5.21. The molecule has 7 nitrogen and oxygen atoms in total. The molecule has 1 aliphatic heterocycles. The van der Waals surface area contributed by atoms with Gasteiger partial charge >= 0.3 is 0 Å². The van der Waals surface area contributed by atoms with E-state index in [1.807, 2.05) is 0 Å². The number of nitrogens with one attached hydrogen (secondary N) is 3. The maximum atomic E-state index is 11.9. The van der Waals surface area contributed by atoms with Crippen LogP contribution in [0.1, 0.15) is 21.5 Å². The average Bonchev–Trinajstić information content (AvgIpc) is 2.50. The number of amides is 1. The van der Waals surface area contributed by atoms with E-state index in [-0.39, 0.29) is 29.4 Å². The van der Waals surface area contributed by atoms with Crippen molar-refractivity contribution in [2.45, 2.75) is 6.42 Å². The monoisotopic (exact) mass is 319 g/mol. The number of rotatable bonds is 3. The number of aromatic nitrogens is 2. The first kappa shape index (κ1) is 14.5. The quantitative estimate of drug-likeness (QED) is 0.535. The predicted octanol–water partition coefficient (Wildman–Crippen LogP) is 0.851. The number of H-pyrrole nitrogens is 2. The second kappa shape index (κ2) is 5.74. The van der Waals surface area contributed by atoms with Crippen molar-refractivity contribution in [2.75, 3.05) is 13.2 Å². The third-order valence-electron chi connectivity index (χ3n) is 3.31. The number of aliphatic hydroxyl groups excluding tert-OH is 1. The lowest BCUT2D eigenvalue weighted by Gasteiger charge is -2.19. The average molecular weight is 319 g/mol. The molecule has 1 aliphatic rings. The molecule has 8 heteroatoms. The second-order valence-electron chi connectivity index (χ2n) is 4.80. The van der Waals surface area contributed by atoms with Gasteiger partial charge in [-0.2, -0.15) is 0 Å². The zero-order valence-corrected chi connectivity index (χ0v) is 12.3. The standard InChI is InChI=1S/C14H13N3O4S/c18-4-3-15-11(19)8-2-1-7-5-9-12(20)16-14(22)17-13(9)21-10(7)6-8/h1-2,6,18H,3-5H2,(H,15,19)(H2,16,17,20,22). The third kappa shape index (κ3) is 2.66. The van der Waals surface area contributed by atoms with E-state index in [2.05, 4.69) is 15.3 Å². The number of benzene rings is 1. The van der Waals surface area contributed by atoms with Gasteiger partial charge in [-0.3, -0.25) is 14.6 Å². The first-order valence-corrected chi connectivity index (χ1v) is 7.04. The van der Waals surface area contributed by atoms with Crippen molar-refractivity contribution >= 4 is 18.1 Å². The number of hydrogen-bond acceptors (Lipinski definition) is 5. The predicted molar refractivity (Wildman–Crippen MR) is 81.0 cm³/mol. The summed E-state index contributed by atoms with van der Waals surface area (Å²) >= 11 is 4.92. The van der Waals surface area contributed by atoms with Gasteiger partial charge in [0.05, 0.1) is 12.2 Å². The molecular weight excluding hydrogens is 306 g/mol. The molecule has 3 rings (SSSR count). The lowest BCUT2D eigenvalue weighted by atomic mass is 10.0. The molecule has 0 aliphatic carbocycles. The molecule has 0 saturated carbocycles. The Hall–Kier alpha value is -2.45. The zero-order valence-electron chi connectivity index (χ0n) is 11.4. The van der Waals surface area contributed by atoms with Crippen LogP contribution in [0.15, 0.2) is 23.0 Å². The van der Waals surface area contributed by atoms with Crippen LogP contribution >= 0.6 is 12.2 Å². The van der Waals surface area contributed by atoms with Gasteiger partial charge < -0.3 is 20.1 Å². The van der Waals surface area contributed by atoms with Gasteiger partial charge in [0, 0.05) is 18.5 Å². The first-order chi connectivity index (χ1) is 10.6. The maximum Gasteiger partial charge on any atom is 0.259 e. The summed E-state index contributed by atoms with van der Waals surface area (Å²) in [6.07, 6.45) is 0.394. The molecule has 0 atom stereocenters. The van der Waals surface area contributed by atoms with Gasteiger partial charge in [-0.05, 0) is 29.9 Å². The van der Waals surface area contributed by atoms with Crippen LogP contribution in [0.5, 0.6) is 11.6 Å². The molecule has 1 aromatic heterocycles. The summed E-state index contributed by atoms with van der Waals surface area (Å²) in [4.78, 5) is 29.1. The highest BCUT2D eigenvalue weighted by Crippen LogP contribution is 2.33. The number of fused-ring (bicyclic) bond motifs is 2. The Morgan fingerprint density at radius 2 is 2.23 bits per heavy atom. The Kier molecular flexibility index (Phi) is 3.78. The van der Waals surface area contributed by atoms with Crippen molar-refractivity contribution in [2.24, 2.45) is 0 Å². The number of hydrogen-bond donors (Lipinski definition) is 4. The molecule has 22 heavy (non-hydrogen) atoms. The van der Waals surface area contributed by atoms with Crippen molar-refractivity contribution in [3.05, 3.63) is 50.0 Å². The largest absolute Gasteiger partial charge is 0.440 e. The Balaban J connectivity index is 1.94. The van der Waals surface area contributed by atoms with Gasteiger partial charge in [0.15, 0.2) is 4.77 Å². The number of carbonyl (C=O) groups excluding carboxylic acids is 1. The highest BCUT2D eigenvalue weighted by molar-refractivity contribution is 7.71. The fourth-order valence-corrected chi connectivity index (χ4v) is 2.43. The minimum absolute atomic E-state index is 0.125. The summed E-state index contributed by atoms with van der Waals surface area (Å²) in [5, 5.41) is 11.3. The molecule has 0 saturated heterocycles. The fraction of sp³-hybridized carbons (Fsp3) is 0.214. The van der Waals surface area contributed by atoms with E-state index in [0.29, 0.717) is 29.2 Å². The van der Waals surface area contributed by atoms with Crippen LogP contribution < -0.4 is 15.6 Å². The maximum absolute atomic E-state index is 11.9. The lowest BCUT2D eigenvalue weighted by Crippen LogP contribution is -2.26. The Morgan fingerprint density at radius 1 is 1.41 bits per heavy atom. The van der Waals surface area contributed by atoms with Crippen molar-refractivity contribution in [3.63, 3.8) is 0 Å². The number of aromatic amines is 2. The summed E-state index contributed by atoms with van der Waals surface area (Å²) in [5.74, 6) is 0.500. The zero-order chi connectivity index (χ0) is 15.7. The first-order valence-electron chi connectivity index (χ1n) is 6.64. The van der Waals surface area contributed by atoms with E-state index in [1.54, 1.807) is 18.2 Å². The summed E-state index contributed by atoms with van der Waals surface area (Å²) in [6, 6.07) is 5.00. The van der Waals surface area contributed by atoms with Gasteiger partial charge in [0.1, 0.15) is 5.75 Å². The van der Waals surface area contributed by atoms with E-state index < -0.39 is 0 Å². The SMILES string of the molecule is O=C(NCCO)c1ccc2c(c1)Oc1[nH]c(=S)[nH]c(=O)c1C2. The number of carbonyl (C=O) groups is 1. The van der Waals surface area contributed by atoms with E-state index in [0.717, 1.165) is 5.56 Å². The van der Waals surface area contributed by atoms with E-state index in [9.17, 15) is 9.59 Å². The summed E-state index contributed by atoms with van der Waals surface area (Å²) < 4.78 is 5.85. The highest BCUT2D eigenvalue weighted by Gasteiger charge is 2.21. The van der Waals surface area contributed by atoms with Crippen molar-refractivity contribution < 1.29 is 14.6 Å². The normalized spacial score (nSPS) is 12.0. The van der Waals surface area contributed by atoms with E-state index in [1.165, 1.54) is 0 Å². The minimum Gasteiger partial charge on any atom is -0.440 e. The van der Waals surface area contributed by atoms with Crippen LogP contribution in [0.4, 0.5) is 0 Å². The fourth-order valence-electron chi connectivity index (χ4n) is 2.25. The molecular formula is C14H13N3O4S. The molecule has 0 bridgehead atoms. The Labute approximate surface area is 130 Å². The molecule has 2 aromatic rings. The lowest BCUT2D eigenvalue weighted by molar-refractivity contribution is 0.0944. The molecule has 4 N–H and O–H groups in total. The van der Waals surface area contributed by atoms with Crippen molar-refractivity contribution in [1.29, 1.82) is 0 Å². The van der Waals surface area contributed by atoms with Gasteiger partial charge in [-0.1, -0.05) is 6.07 Å². The Morgan fingerprint density at radius 3 is 3.00 bits per heavy atom. The Bertz CT molecular complexity index is 856. The molecule has 1 aromatic carbocycles. The minimum atomic E-state index is -0.301. The van der Waals surface area contributed by atoms with Gasteiger partial charge in [-0.15, -0.1) is 0 Å². The summed E-state index contributed by atoms with van der Waals surface area (Å²) in [5.41, 5.74) is 1.41. The molecule has 2 heterocycles. The molecule has 1 amide bonds. The third-order valence-corrected chi connectivity index (χ3v) is 3.51. The smallest absolute Gasteiger partial charge is 0.259 e. The topological polar surface area (TPSA) is 107 Å². The van der Waals surface area contributed by atoms with Crippen molar-refractivity contribution in [1.82, 2.24) is 15.3 Å². The molecule has 0 spiro atoms. The van der Waals surface area contributed by atoms with Gasteiger partial charge in [0.25, 0.3) is 11.5 Å². The molecule has 0 radical (unpaired) electrons. The van der Waals surface area contributed by atoms with Crippen LogP contribution in [-0.2, 0) is 6.42 Å². The van der Waals surface area contributed by atoms with Gasteiger partial charge in [-0.25, -0.2) is 0 Å². The number of ether oxygens (including phenoxy) is 1. The van der Waals surface area contributed by atoms with E-state index >= 15 is 0 Å². The molecule has 0 fully saturated rings. The number of aliphatic hydroxyl groups is 1. The van der Waals surface area contributed by atoms with Crippen LogP contribution in [0.25, 0.3) is 0 Å². The van der Waals surface area contributed by atoms with E-state index in [4.69, 9.17) is 22.1 Å². The summed E-state index contributed by atoms with van der Waals surface area (Å²) in [7, 11) is 0. The van der Waals surface area contributed by atoms with Gasteiger partial charge in [0.2, 0.25) is 5.88 Å². The van der Waals surface area contributed by atoms with Crippen LogP contribution in [-0.4, -0.2) is 34.1 Å². The van der Waals surface area contributed by atoms with Crippen molar-refractivity contribution in [3.8, 4) is 11.6 Å². The molecule has 0 unspecified atom stereocenters. The molecule has 114 valence electrons. The summed E-state index contributed by atoms with van der Waals surface area (Å²) in [6.45, 7) is 0.0575. The highest BCUT2D eigenvalue weighted by atomic mass is 32.1. The van der Waals surface area contributed by atoms with Crippen LogP contribution in [0.2, 0.25) is 0 Å².